The lowest BCUT2D eigenvalue weighted by Crippen LogP contribution is -1.93. The zero-order valence-corrected chi connectivity index (χ0v) is 14.3. The zero-order valence-electron chi connectivity index (χ0n) is 14.3. The van der Waals surface area contributed by atoms with Crippen LogP contribution < -0.4 is 0 Å². The van der Waals surface area contributed by atoms with Crippen LogP contribution in [0.1, 0.15) is 104 Å². The molecule has 0 aliphatic carbocycles. The molecule has 0 amide bonds. The summed E-state index contributed by atoms with van der Waals surface area (Å²) in [5.41, 5.74) is 1.48. The van der Waals surface area contributed by atoms with Crippen molar-refractivity contribution >= 4 is 5.97 Å². The normalized spacial score (nSPS) is 11.8. The fourth-order valence-electron chi connectivity index (χ4n) is 2.59. The lowest BCUT2D eigenvalue weighted by Gasteiger charge is -2.03. The van der Waals surface area contributed by atoms with Crippen LogP contribution in [0.3, 0.4) is 0 Å². The Morgan fingerprint density at radius 2 is 1.33 bits per heavy atom. The number of carbonyl (C=O) groups is 1. The molecule has 21 heavy (non-hydrogen) atoms. The molecule has 0 spiro atoms. The molecule has 0 aliphatic heterocycles. The number of aliphatic carboxylic acids is 1. The van der Waals surface area contributed by atoms with Gasteiger partial charge in [0.05, 0.1) is 0 Å². The van der Waals surface area contributed by atoms with Gasteiger partial charge in [-0.3, -0.25) is 4.79 Å². The predicted octanol–water partition coefficient (Wildman–Crippen LogP) is 6.50. The quantitative estimate of drug-likeness (QED) is 0.277. The van der Waals surface area contributed by atoms with Crippen molar-refractivity contribution in [2.45, 2.75) is 104 Å². The van der Waals surface area contributed by atoms with Gasteiger partial charge in [0.2, 0.25) is 0 Å². The van der Waals surface area contributed by atoms with E-state index in [0.717, 1.165) is 19.3 Å². The minimum atomic E-state index is -0.676. The summed E-state index contributed by atoms with van der Waals surface area (Å²) in [6.07, 6.45) is 19.1. The van der Waals surface area contributed by atoms with E-state index in [0.29, 0.717) is 6.42 Å². The van der Waals surface area contributed by atoms with E-state index in [4.69, 9.17) is 5.11 Å². The van der Waals surface area contributed by atoms with E-state index in [9.17, 15) is 4.79 Å². The first-order chi connectivity index (χ1) is 10.2. The van der Waals surface area contributed by atoms with Crippen molar-refractivity contribution in [2.24, 2.45) is 0 Å². The van der Waals surface area contributed by atoms with Crippen LogP contribution in [0.15, 0.2) is 11.6 Å². The van der Waals surface area contributed by atoms with E-state index < -0.39 is 5.97 Å². The molecule has 0 atom stereocenters. The number of allylic oxidation sites excluding steroid dienone is 2. The largest absolute Gasteiger partial charge is 0.481 e. The van der Waals surface area contributed by atoms with E-state index in [1.807, 2.05) is 0 Å². The van der Waals surface area contributed by atoms with Crippen molar-refractivity contribution in [1.29, 1.82) is 0 Å². The van der Waals surface area contributed by atoms with Gasteiger partial charge in [-0.15, -0.1) is 0 Å². The van der Waals surface area contributed by atoms with Crippen molar-refractivity contribution in [3.63, 3.8) is 0 Å². The minimum Gasteiger partial charge on any atom is -0.481 e. The lowest BCUT2D eigenvalue weighted by atomic mass is 10.0. The summed E-state index contributed by atoms with van der Waals surface area (Å²) in [5, 5.41) is 8.55. The van der Waals surface area contributed by atoms with Crippen molar-refractivity contribution in [3.8, 4) is 0 Å². The van der Waals surface area contributed by atoms with Crippen molar-refractivity contribution in [2.75, 3.05) is 0 Å². The fourth-order valence-corrected chi connectivity index (χ4v) is 2.59. The highest BCUT2D eigenvalue weighted by molar-refractivity contribution is 5.66. The number of rotatable bonds is 15. The SMILES string of the molecule is CCCCCCCCCCC/C(C)=C/CCCCC(=O)O. The molecular formula is C19H36O2. The Bertz CT molecular complexity index is 269. The van der Waals surface area contributed by atoms with Gasteiger partial charge >= 0.3 is 5.97 Å². The molecule has 0 bridgehead atoms. The van der Waals surface area contributed by atoms with Crippen LogP contribution in [-0.4, -0.2) is 11.1 Å². The van der Waals surface area contributed by atoms with Crippen LogP contribution >= 0.6 is 0 Å². The maximum Gasteiger partial charge on any atom is 0.303 e. The second kappa shape index (κ2) is 15.6. The summed E-state index contributed by atoms with van der Waals surface area (Å²) in [7, 11) is 0. The Hall–Kier alpha value is -0.790. The highest BCUT2D eigenvalue weighted by atomic mass is 16.4. The standard InChI is InChI=1S/C19H36O2/c1-3-4-5-6-7-8-9-10-12-15-18(2)16-13-11-14-17-19(20)21/h16H,3-15,17H2,1-2H3,(H,20,21)/b18-16+. The Morgan fingerprint density at radius 1 is 0.810 bits per heavy atom. The second-order valence-electron chi connectivity index (χ2n) is 6.27. The second-order valence-corrected chi connectivity index (χ2v) is 6.27. The molecule has 1 N–H and O–H groups in total. The Balaban J connectivity index is 3.28. The van der Waals surface area contributed by atoms with Crippen molar-refractivity contribution in [1.82, 2.24) is 0 Å². The molecule has 2 nitrogen and oxygen atoms in total. The predicted molar refractivity (Wildman–Crippen MR) is 91.7 cm³/mol. The third-order valence-corrected chi connectivity index (χ3v) is 4.01. The molecule has 0 saturated carbocycles. The molecule has 2 heteroatoms. The van der Waals surface area contributed by atoms with Gasteiger partial charge < -0.3 is 5.11 Å². The summed E-state index contributed by atoms with van der Waals surface area (Å²) < 4.78 is 0. The molecule has 0 unspecified atom stereocenters. The fraction of sp³-hybridized carbons (Fsp3) is 0.842. The number of hydrogen-bond acceptors (Lipinski definition) is 1. The lowest BCUT2D eigenvalue weighted by molar-refractivity contribution is -0.137. The van der Waals surface area contributed by atoms with Crippen molar-refractivity contribution in [3.05, 3.63) is 11.6 Å². The van der Waals surface area contributed by atoms with Gasteiger partial charge in [-0.05, 0) is 39.0 Å². The highest BCUT2D eigenvalue weighted by Gasteiger charge is 1.96. The maximum absolute atomic E-state index is 10.4. The van der Waals surface area contributed by atoms with E-state index >= 15 is 0 Å². The van der Waals surface area contributed by atoms with Gasteiger partial charge in [0.15, 0.2) is 0 Å². The average Bonchev–Trinajstić information content (AvgIpc) is 2.45. The summed E-state index contributed by atoms with van der Waals surface area (Å²) in [4.78, 5) is 10.4. The average molecular weight is 296 g/mol. The highest BCUT2D eigenvalue weighted by Crippen LogP contribution is 2.14. The molecule has 0 aromatic heterocycles. The summed E-state index contributed by atoms with van der Waals surface area (Å²) in [6, 6.07) is 0. The summed E-state index contributed by atoms with van der Waals surface area (Å²) >= 11 is 0. The third-order valence-electron chi connectivity index (χ3n) is 4.01. The Labute approximate surface area is 132 Å². The first-order valence-electron chi connectivity index (χ1n) is 9.04. The monoisotopic (exact) mass is 296 g/mol. The van der Waals surface area contributed by atoms with Gasteiger partial charge in [0.25, 0.3) is 0 Å². The molecule has 0 saturated heterocycles. The smallest absolute Gasteiger partial charge is 0.303 e. The van der Waals surface area contributed by atoms with E-state index in [2.05, 4.69) is 19.9 Å². The molecule has 0 aromatic rings. The molecular weight excluding hydrogens is 260 g/mol. The summed E-state index contributed by atoms with van der Waals surface area (Å²) in [5.74, 6) is -0.676. The number of hydrogen-bond donors (Lipinski definition) is 1. The van der Waals surface area contributed by atoms with Crippen LogP contribution in [0.2, 0.25) is 0 Å². The maximum atomic E-state index is 10.4. The first kappa shape index (κ1) is 20.2. The van der Waals surface area contributed by atoms with Crippen LogP contribution in [-0.2, 0) is 4.79 Å². The van der Waals surface area contributed by atoms with Crippen LogP contribution in [0.25, 0.3) is 0 Å². The third kappa shape index (κ3) is 17.2. The minimum absolute atomic E-state index is 0.311. The molecule has 0 aromatic carbocycles. The van der Waals surface area contributed by atoms with E-state index in [1.54, 1.807) is 0 Å². The zero-order chi connectivity index (χ0) is 15.8. The molecule has 0 heterocycles. The molecule has 124 valence electrons. The van der Waals surface area contributed by atoms with Gasteiger partial charge in [-0.25, -0.2) is 0 Å². The van der Waals surface area contributed by atoms with Crippen molar-refractivity contribution < 1.29 is 9.90 Å². The number of carboxylic acid groups (broad SMARTS) is 1. The van der Waals surface area contributed by atoms with Gasteiger partial charge in [-0.1, -0.05) is 69.9 Å². The van der Waals surface area contributed by atoms with Crippen LogP contribution in [0.5, 0.6) is 0 Å². The van der Waals surface area contributed by atoms with Gasteiger partial charge in [-0.2, -0.15) is 0 Å². The Kier molecular flexibility index (Phi) is 15.0. The van der Waals surface area contributed by atoms with Crippen LogP contribution in [0.4, 0.5) is 0 Å². The Morgan fingerprint density at radius 3 is 1.90 bits per heavy atom. The topological polar surface area (TPSA) is 37.3 Å². The number of unbranched alkanes of at least 4 members (excludes halogenated alkanes) is 10. The van der Waals surface area contributed by atoms with E-state index in [-0.39, 0.29) is 0 Å². The summed E-state index contributed by atoms with van der Waals surface area (Å²) in [6.45, 7) is 4.48. The van der Waals surface area contributed by atoms with E-state index in [1.165, 1.54) is 69.8 Å². The molecule has 0 radical (unpaired) electrons. The molecule has 0 rings (SSSR count). The molecule has 0 aliphatic rings. The number of carboxylic acids is 1. The van der Waals surface area contributed by atoms with Crippen LogP contribution in [0, 0.1) is 0 Å². The first-order valence-corrected chi connectivity index (χ1v) is 9.04. The molecule has 0 fully saturated rings. The van der Waals surface area contributed by atoms with Gasteiger partial charge in [0, 0.05) is 6.42 Å². The van der Waals surface area contributed by atoms with Gasteiger partial charge in [0.1, 0.15) is 0 Å².